The Morgan fingerprint density at radius 2 is 2.20 bits per heavy atom. The molecule has 0 amide bonds. The third kappa shape index (κ3) is 2.30. The van der Waals surface area contributed by atoms with E-state index in [2.05, 4.69) is 4.72 Å². The summed E-state index contributed by atoms with van der Waals surface area (Å²) < 4.78 is 24.9. The molecule has 15 heavy (non-hydrogen) atoms. The topological polar surface area (TPSA) is 72.2 Å². The fraction of sp³-hybridized carbons (Fsp3) is 0.400. The monoisotopic (exact) mass is 226 g/mol. The number of nitrogen functional groups attached to an aromatic ring is 1. The van der Waals surface area contributed by atoms with E-state index in [0.29, 0.717) is 0 Å². The molecule has 1 unspecified atom stereocenters. The van der Waals surface area contributed by atoms with Crippen molar-refractivity contribution in [2.45, 2.75) is 18.9 Å². The predicted molar refractivity (Wildman–Crippen MR) is 59.9 cm³/mol. The summed E-state index contributed by atoms with van der Waals surface area (Å²) in [5, 5.41) is 0. The summed E-state index contributed by atoms with van der Waals surface area (Å²) in [7, 11) is -3.14. The van der Waals surface area contributed by atoms with Crippen molar-refractivity contribution in [1.82, 2.24) is 4.72 Å². The molecule has 1 aromatic rings. The first-order valence-electron chi connectivity index (χ1n) is 4.81. The highest BCUT2D eigenvalue weighted by Crippen LogP contribution is 2.32. The van der Waals surface area contributed by atoms with Crippen LogP contribution in [0.1, 0.15) is 23.6 Å². The van der Waals surface area contributed by atoms with E-state index in [1.807, 2.05) is 12.1 Å². The molecule has 1 aliphatic carbocycles. The Morgan fingerprint density at radius 3 is 2.87 bits per heavy atom. The lowest BCUT2D eigenvalue weighted by molar-refractivity contribution is 0.560. The SMILES string of the molecule is CS(=O)(=O)NC1CCc2cc(N)ccc21. The van der Waals surface area contributed by atoms with Gasteiger partial charge in [0.1, 0.15) is 0 Å². The summed E-state index contributed by atoms with van der Waals surface area (Å²) in [5.41, 5.74) is 8.59. The lowest BCUT2D eigenvalue weighted by Gasteiger charge is -2.12. The molecule has 1 aliphatic rings. The molecule has 0 fully saturated rings. The normalized spacial score (nSPS) is 20.2. The van der Waals surface area contributed by atoms with Crippen LogP contribution in [-0.2, 0) is 16.4 Å². The minimum absolute atomic E-state index is 0.0874. The molecule has 0 spiro atoms. The maximum Gasteiger partial charge on any atom is 0.209 e. The molecule has 5 heteroatoms. The highest BCUT2D eigenvalue weighted by molar-refractivity contribution is 7.88. The maximum atomic E-state index is 11.1. The van der Waals surface area contributed by atoms with E-state index in [1.165, 1.54) is 6.26 Å². The van der Waals surface area contributed by atoms with E-state index in [0.717, 1.165) is 29.7 Å². The van der Waals surface area contributed by atoms with Gasteiger partial charge in [0.2, 0.25) is 10.0 Å². The first-order valence-corrected chi connectivity index (χ1v) is 6.70. The van der Waals surface area contributed by atoms with Crippen LogP contribution in [0.3, 0.4) is 0 Å². The van der Waals surface area contributed by atoms with Gasteiger partial charge in [-0.25, -0.2) is 13.1 Å². The fourth-order valence-electron chi connectivity index (χ4n) is 2.02. The van der Waals surface area contributed by atoms with Crippen LogP contribution in [0.2, 0.25) is 0 Å². The van der Waals surface area contributed by atoms with Crippen molar-refractivity contribution in [2.24, 2.45) is 0 Å². The summed E-state index contributed by atoms with van der Waals surface area (Å²) in [5.74, 6) is 0. The van der Waals surface area contributed by atoms with Crippen LogP contribution in [0.5, 0.6) is 0 Å². The van der Waals surface area contributed by atoms with E-state index >= 15 is 0 Å². The molecule has 2 rings (SSSR count). The average Bonchev–Trinajstić information content (AvgIpc) is 2.45. The Hall–Kier alpha value is -1.07. The molecule has 3 N–H and O–H groups in total. The quantitative estimate of drug-likeness (QED) is 0.733. The highest BCUT2D eigenvalue weighted by atomic mass is 32.2. The van der Waals surface area contributed by atoms with E-state index < -0.39 is 10.0 Å². The zero-order valence-electron chi connectivity index (χ0n) is 8.53. The van der Waals surface area contributed by atoms with Gasteiger partial charge >= 0.3 is 0 Å². The molecule has 4 nitrogen and oxygen atoms in total. The molecule has 0 saturated heterocycles. The number of hydrogen-bond donors (Lipinski definition) is 2. The van der Waals surface area contributed by atoms with Crippen molar-refractivity contribution < 1.29 is 8.42 Å². The molecule has 1 atom stereocenters. The molecular weight excluding hydrogens is 212 g/mol. The zero-order chi connectivity index (χ0) is 11.1. The van der Waals surface area contributed by atoms with E-state index in [1.54, 1.807) is 6.07 Å². The summed E-state index contributed by atoms with van der Waals surface area (Å²) in [6.07, 6.45) is 2.88. The van der Waals surface area contributed by atoms with Gasteiger partial charge in [-0.1, -0.05) is 6.07 Å². The van der Waals surface area contributed by atoms with Gasteiger partial charge in [0.25, 0.3) is 0 Å². The molecular formula is C10H14N2O2S. The van der Waals surface area contributed by atoms with Crippen LogP contribution in [0.4, 0.5) is 5.69 Å². The van der Waals surface area contributed by atoms with Gasteiger partial charge in [0.15, 0.2) is 0 Å². The number of rotatable bonds is 2. The second kappa shape index (κ2) is 3.50. The number of hydrogen-bond acceptors (Lipinski definition) is 3. The number of anilines is 1. The molecule has 82 valence electrons. The van der Waals surface area contributed by atoms with E-state index in [-0.39, 0.29) is 6.04 Å². The smallest absolute Gasteiger partial charge is 0.209 e. The van der Waals surface area contributed by atoms with Crippen LogP contribution in [0.25, 0.3) is 0 Å². The maximum absolute atomic E-state index is 11.1. The van der Waals surface area contributed by atoms with Gasteiger partial charge < -0.3 is 5.73 Å². The minimum Gasteiger partial charge on any atom is -0.399 e. The molecule has 0 saturated carbocycles. The summed E-state index contributed by atoms with van der Waals surface area (Å²) >= 11 is 0. The van der Waals surface area contributed by atoms with Crippen molar-refractivity contribution in [3.63, 3.8) is 0 Å². The molecule has 0 aliphatic heterocycles. The number of fused-ring (bicyclic) bond motifs is 1. The Bertz CT molecular complexity index is 482. The average molecular weight is 226 g/mol. The van der Waals surface area contributed by atoms with E-state index in [4.69, 9.17) is 5.73 Å². The van der Waals surface area contributed by atoms with Crippen molar-refractivity contribution in [2.75, 3.05) is 12.0 Å². The highest BCUT2D eigenvalue weighted by Gasteiger charge is 2.24. The molecule has 0 radical (unpaired) electrons. The Morgan fingerprint density at radius 1 is 1.47 bits per heavy atom. The number of nitrogens with one attached hydrogen (secondary N) is 1. The molecule has 0 bridgehead atoms. The first kappa shape index (κ1) is 10.4. The zero-order valence-corrected chi connectivity index (χ0v) is 9.34. The third-order valence-electron chi connectivity index (χ3n) is 2.60. The lowest BCUT2D eigenvalue weighted by atomic mass is 10.1. The lowest BCUT2D eigenvalue weighted by Crippen LogP contribution is -2.25. The third-order valence-corrected chi connectivity index (χ3v) is 3.31. The molecule has 0 heterocycles. The van der Waals surface area contributed by atoms with Crippen LogP contribution in [0.15, 0.2) is 18.2 Å². The second-order valence-electron chi connectivity index (χ2n) is 3.94. The van der Waals surface area contributed by atoms with Gasteiger partial charge in [-0.05, 0) is 36.1 Å². The van der Waals surface area contributed by atoms with Gasteiger partial charge in [-0.15, -0.1) is 0 Å². The van der Waals surface area contributed by atoms with Gasteiger partial charge in [0.05, 0.1) is 6.26 Å². The number of aryl methyl sites for hydroxylation is 1. The number of benzene rings is 1. The first-order chi connectivity index (χ1) is 6.96. The number of sulfonamides is 1. The van der Waals surface area contributed by atoms with Crippen molar-refractivity contribution in [1.29, 1.82) is 0 Å². The van der Waals surface area contributed by atoms with Crippen molar-refractivity contribution >= 4 is 15.7 Å². The van der Waals surface area contributed by atoms with E-state index in [9.17, 15) is 8.42 Å². The standard InChI is InChI=1S/C10H14N2O2S/c1-15(13,14)12-10-5-2-7-6-8(11)3-4-9(7)10/h3-4,6,10,12H,2,5,11H2,1H3. The summed E-state index contributed by atoms with van der Waals surface area (Å²) in [6, 6.07) is 5.54. The summed E-state index contributed by atoms with van der Waals surface area (Å²) in [6.45, 7) is 0. The Kier molecular flexibility index (Phi) is 2.44. The van der Waals surface area contributed by atoms with Crippen molar-refractivity contribution in [3.8, 4) is 0 Å². The van der Waals surface area contributed by atoms with Crippen LogP contribution in [-0.4, -0.2) is 14.7 Å². The van der Waals surface area contributed by atoms with Crippen LogP contribution in [0, 0.1) is 0 Å². The Balaban J connectivity index is 2.29. The number of nitrogens with two attached hydrogens (primary N) is 1. The van der Waals surface area contributed by atoms with Crippen LogP contribution >= 0.6 is 0 Å². The Labute approximate surface area is 89.5 Å². The van der Waals surface area contributed by atoms with Gasteiger partial charge in [-0.3, -0.25) is 0 Å². The van der Waals surface area contributed by atoms with Crippen LogP contribution < -0.4 is 10.5 Å². The summed E-state index contributed by atoms with van der Waals surface area (Å²) in [4.78, 5) is 0. The molecule has 0 aromatic heterocycles. The van der Waals surface area contributed by atoms with Crippen molar-refractivity contribution in [3.05, 3.63) is 29.3 Å². The largest absolute Gasteiger partial charge is 0.399 e. The fourth-order valence-corrected chi connectivity index (χ4v) is 2.78. The predicted octanol–water partition coefficient (Wildman–Crippen LogP) is 0.805. The molecule has 1 aromatic carbocycles. The van der Waals surface area contributed by atoms with Gasteiger partial charge in [-0.2, -0.15) is 0 Å². The van der Waals surface area contributed by atoms with Gasteiger partial charge in [0, 0.05) is 11.7 Å². The second-order valence-corrected chi connectivity index (χ2v) is 5.72. The minimum atomic E-state index is -3.14.